The smallest absolute Gasteiger partial charge is 0.409 e. The first-order valence-corrected chi connectivity index (χ1v) is 7.94. The van der Waals surface area contributed by atoms with E-state index in [0.717, 1.165) is 12.8 Å². The van der Waals surface area contributed by atoms with Gasteiger partial charge in [-0.05, 0) is 38.0 Å². The van der Waals surface area contributed by atoms with Gasteiger partial charge in [-0.15, -0.1) is 0 Å². The molecule has 1 heterocycles. The van der Waals surface area contributed by atoms with Gasteiger partial charge in [0.1, 0.15) is 0 Å². The van der Waals surface area contributed by atoms with Gasteiger partial charge in [0.2, 0.25) is 5.91 Å². The van der Waals surface area contributed by atoms with Crippen LogP contribution in [0.1, 0.15) is 19.8 Å². The summed E-state index contributed by atoms with van der Waals surface area (Å²) in [7, 11) is 0. The van der Waals surface area contributed by atoms with Crippen molar-refractivity contribution in [3.05, 3.63) is 28.2 Å². The number of rotatable bonds is 3. The third-order valence-corrected chi connectivity index (χ3v) is 4.07. The molecule has 5 nitrogen and oxygen atoms in total. The van der Waals surface area contributed by atoms with Gasteiger partial charge in [-0.25, -0.2) is 4.79 Å². The summed E-state index contributed by atoms with van der Waals surface area (Å²) >= 11 is 11.9. The Balaban J connectivity index is 2.00. The van der Waals surface area contributed by atoms with E-state index in [0.29, 0.717) is 35.4 Å². The highest BCUT2D eigenvalue weighted by molar-refractivity contribution is 6.35. The molecule has 22 heavy (non-hydrogen) atoms. The molecule has 0 aliphatic carbocycles. The minimum absolute atomic E-state index is 0.168. The number of likely N-dealkylation sites (tertiary alicyclic amines) is 1. The lowest BCUT2D eigenvalue weighted by Crippen LogP contribution is -2.44. The summed E-state index contributed by atoms with van der Waals surface area (Å²) in [5.74, 6) is -0.452. The molecular formula is C15H18Cl2N2O3. The van der Waals surface area contributed by atoms with Crippen LogP contribution < -0.4 is 5.32 Å². The maximum absolute atomic E-state index is 12.4. The number of halogens is 2. The molecule has 1 fully saturated rings. The van der Waals surface area contributed by atoms with Gasteiger partial charge in [0.15, 0.2) is 0 Å². The molecule has 1 unspecified atom stereocenters. The van der Waals surface area contributed by atoms with Gasteiger partial charge < -0.3 is 15.0 Å². The van der Waals surface area contributed by atoms with Gasteiger partial charge in [0.25, 0.3) is 0 Å². The molecule has 0 aromatic heterocycles. The normalized spacial score (nSPS) is 18.0. The molecule has 1 aromatic carbocycles. The average Bonchev–Trinajstić information content (AvgIpc) is 2.51. The second-order valence-electron chi connectivity index (χ2n) is 5.10. The van der Waals surface area contributed by atoms with E-state index in [1.54, 1.807) is 30.0 Å². The van der Waals surface area contributed by atoms with Crippen molar-refractivity contribution in [1.82, 2.24) is 4.90 Å². The number of carbonyl (C=O) groups excluding carboxylic acids is 2. The molecule has 1 atom stereocenters. The molecule has 0 bridgehead atoms. The van der Waals surface area contributed by atoms with Crippen molar-refractivity contribution in [3.8, 4) is 0 Å². The summed E-state index contributed by atoms with van der Waals surface area (Å²) in [6.07, 6.45) is 1.11. The van der Waals surface area contributed by atoms with Gasteiger partial charge in [-0.3, -0.25) is 4.79 Å². The van der Waals surface area contributed by atoms with Crippen LogP contribution in [0.15, 0.2) is 18.2 Å². The first-order valence-electron chi connectivity index (χ1n) is 7.19. The number of nitrogens with one attached hydrogen (secondary N) is 1. The zero-order valence-corrected chi connectivity index (χ0v) is 13.8. The van der Waals surface area contributed by atoms with E-state index in [1.165, 1.54) is 0 Å². The Kier molecular flexibility index (Phi) is 5.91. The minimum atomic E-state index is -0.374. The van der Waals surface area contributed by atoms with Gasteiger partial charge >= 0.3 is 6.09 Å². The van der Waals surface area contributed by atoms with E-state index in [-0.39, 0.29) is 17.9 Å². The molecule has 0 saturated carbocycles. The predicted octanol–water partition coefficient (Wildman–Crippen LogP) is 3.80. The monoisotopic (exact) mass is 344 g/mol. The van der Waals surface area contributed by atoms with Crippen molar-refractivity contribution < 1.29 is 14.3 Å². The van der Waals surface area contributed by atoms with Crippen LogP contribution in [-0.2, 0) is 9.53 Å². The fourth-order valence-corrected chi connectivity index (χ4v) is 2.74. The Morgan fingerprint density at radius 3 is 2.91 bits per heavy atom. The van der Waals surface area contributed by atoms with Crippen molar-refractivity contribution >= 4 is 40.9 Å². The van der Waals surface area contributed by atoms with Crippen molar-refractivity contribution in [2.75, 3.05) is 25.0 Å². The Hall–Kier alpha value is -1.46. The van der Waals surface area contributed by atoms with Gasteiger partial charge in [0, 0.05) is 18.1 Å². The number of amides is 2. The SMILES string of the molecule is CCOC(=O)N1CCCC(C(=O)Nc2cc(Cl)ccc2Cl)C1. The van der Waals surface area contributed by atoms with Crippen LogP contribution in [0.25, 0.3) is 0 Å². The zero-order chi connectivity index (χ0) is 16.1. The lowest BCUT2D eigenvalue weighted by Gasteiger charge is -2.31. The summed E-state index contributed by atoms with van der Waals surface area (Å²) in [5.41, 5.74) is 0.479. The van der Waals surface area contributed by atoms with E-state index in [4.69, 9.17) is 27.9 Å². The first kappa shape index (κ1) is 16.9. The summed E-state index contributed by atoms with van der Waals surface area (Å²) in [5, 5.41) is 3.70. The van der Waals surface area contributed by atoms with Crippen molar-refractivity contribution in [3.63, 3.8) is 0 Å². The lowest BCUT2D eigenvalue weighted by atomic mass is 9.97. The molecule has 0 spiro atoms. The molecule has 1 saturated heterocycles. The summed E-state index contributed by atoms with van der Waals surface area (Å²) in [6, 6.07) is 4.89. The lowest BCUT2D eigenvalue weighted by molar-refractivity contribution is -0.121. The highest BCUT2D eigenvalue weighted by Gasteiger charge is 2.29. The summed E-state index contributed by atoms with van der Waals surface area (Å²) in [6.45, 7) is 3.04. The highest BCUT2D eigenvalue weighted by atomic mass is 35.5. The number of ether oxygens (including phenoxy) is 1. The van der Waals surface area contributed by atoms with Crippen LogP contribution >= 0.6 is 23.2 Å². The Morgan fingerprint density at radius 2 is 2.18 bits per heavy atom. The number of carbonyl (C=O) groups is 2. The van der Waals surface area contributed by atoms with Crippen LogP contribution in [0.5, 0.6) is 0 Å². The van der Waals surface area contributed by atoms with Crippen molar-refractivity contribution in [2.45, 2.75) is 19.8 Å². The molecular weight excluding hydrogens is 327 g/mol. The van der Waals surface area contributed by atoms with Crippen LogP contribution in [0.4, 0.5) is 10.5 Å². The molecule has 0 radical (unpaired) electrons. The van der Waals surface area contributed by atoms with Crippen LogP contribution in [0.2, 0.25) is 10.0 Å². The Labute approximate surface area is 139 Å². The minimum Gasteiger partial charge on any atom is -0.450 e. The predicted molar refractivity (Wildman–Crippen MR) is 86.4 cm³/mol. The molecule has 1 aliphatic rings. The topological polar surface area (TPSA) is 58.6 Å². The molecule has 1 aliphatic heterocycles. The second kappa shape index (κ2) is 7.70. The number of nitrogens with zero attached hydrogens (tertiary/aromatic N) is 1. The number of hydrogen-bond donors (Lipinski definition) is 1. The number of benzene rings is 1. The number of hydrogen-bond acceptors (Lipinski definition) is 3. The van der Waals surface area contributed by atoms with E-state index >= 15 is 0 Å². The quantitative estimate of drug-likeness (QED) is 0.907. The fourth-order valence-electron chi connectivity index (χ4n) is 2.40. The first-order chi connectivity index (χ1) is 10.5. The van der Waals surface area contributed by atoms with Crippen LogP contribution in [0, 0.1) is 5.92 Å². The number of anilines is 1. The highest BCUT2D eigenvalue weighted by Crippen LogP contribution is 2.27. The molecule has 7 heteroatoms. The van der Waals surface area contributed by atoms with E-state index in [9.17, 15) is 9.59 Å². The average molecular weight is 345 g/mol. The fraction of sp³-hybridized carbons (Fsp3) is 0.467. The van der Waals surface area contributed by atoms with Crippen molar-refractivity contribution in [2.24, 2.45) is 5.92 Å². The summed E-state index contributed by atoms with van der Waals surface area (Å²) in [4.78, 5) is 25.7. The Morgan fingerprint density at radius 1 is 1.41 bits per heavy atom. The van der Waals surface area contributed by atoms with Crippen molar-refractivity contribution in [1.29, 1.82) is 0 Å². The second-order valence-corrected chi connectivity index (χ2v) is 5.94. The molecule has 2 rings (SSSR count). The third-order valence-electron chi connectivity index (χ3n) is 3.50. The molecule has 1 aromatic rings. The largest absolute Gasteiger partial charge is 0.450 e. The molecule has 120 valence electrons. The van der Waals surface area contributed by atoms with Gasteiger partial charge in [0.05, 0.1) is 23.2 Å². The maximum Gasteiger partial charge on any atom is 0.409 e. The van der Waals surface area contributed by atoms with Gasteiger partial charge in [-0.2, -0.15) is 0 Å². The van der Waals surface area contributed by atoms with E-state index < -0.39 is 0 Å². The molecule has 1 N–H and O–H groups in total. The Bertz CT molecular complexity index is 566. The van der Waals surface area contributed by atoms with E-state index in [1.807, 2.05) is 0 Å². The van der Waals surface area contributed by atoms with Crippen LogP contribution in [-0.4, -0.2) is 36.6 Å². The molecule has 2 amide bonds. The summed E-state index contributed by atoms with van der Waals surface area (Å²) < 4.78 is 4.98. The van der Waals surface area contributed by atoms with Gasteiger partial charge in [-0.1, -0.05) is 23.2 Å². The zero-order valence-electron chi connectivity index (χ0n) is 12.3. The van der Waals surface area contributed by atoms with Crippen LogP contribution in [0.3, 0.4) is 0 Å². The third kappa shape index (κ3) is 4.27. The maximum atomic E-state index is 12.4. The standard InChI is InChI=1S/C15H18Cl2N2O3/c1-2-22-15(21)19-7-3-4-10(9-19)14(20)18-13-8-11(16)5-6-12(13)17/h5-6,8,10H,2-4,7,9H2,1H3,(H,18,20). The van der Waals surface area contributed by atoms with E-state index in [2.05, 4.69) is 5.32 Å². The number of piperidine rings is 1.